The van der Waals surface area contributed by atoms with Crippen molar-refractivity contribution in [2.45, 2.75) is 5.16 Å². The SMILES string of the molecule is Cn1nnnc1SCC(=O)N1CCN(C(=O)c2cccs2)CC1. The Morgan fingerprint density at radius 2 is 2.00 bits per heavy atom. The third-order valence-electron chi connectivity index (χ3n) is 3.56. The fraction of sp³-hybridized carbons (Fsp3) is 0.462. The van der Waals surface area contributed by atoms with E-state index in [0.29, 0.717) is 37.1 Å². The first-order chi connectivity index (χ1) is 11.1. The molecule has 0 unspecified atom stereocenters. The number of carbonyl (C=O) groups is 2. The lowest BCUT2D eigenvalue weighted by Crippen LogP contribution is -2.51. The summed E-state index contributed by atoms with van der Waals surface area (Å²) >= 11 is 2.76. The van der Waals surface area contributed by atoms with E-state index in [1.807, 2.05) is 17.5 Å². The second-order valence-electron chi connectivity index (χ2n) is 5.02. The Bertz CT molecular complexity index is 678. The van der Waals surface area contributed by atoms with Crippen LogP contribution in [0.4, 0.5) is 0 Å². The topological polar surface area (TPSA) is 84.2 Å². The van der Waals surface area contributed by atoms with E-state index in [0.717, 1.165) is 4.88 Å². The minimum absolute atomic E-state index is 0.0428. The first kappa shape index (κ1) is 15.9. The molecule has 122 valence electrons. The van der Waals surface area contributed by atoms with Crippen LogP contribution in [0.2, 0.25) is 0 Å². The summed E-state index contributed by atoms with van der Waals surface area (Å²) in [6.07, 6.45) is 0. The van der Waals surface area contributed by atoms with Gasteiger partial charge in [-0.1, -0.05) is 17.8 Å². The lowest BCUT2D eigenvalue weighted by atomic mass is 10.3. The zero-order valence-electron chi connectivity index (χ0n) is 12.6. The molecular weight excluding hydrogens is 336 g/mol. The van der Waals surface area contributed by atoms with Crippen molar-refractivity contribution < 1.29 is 9.59 Å². The summed E-state index contributed by atoms with van der Waals surface area (Å²) in [6, 6.07) is 3.70. The van der Waals surface area contributed by atoms with Gasteiger partial charge in [0.05, 0.1) is 10.6 Å². The first-order valence-electron chi connectivity index (χ1n) is 7.11. The lowest BCUT2D eigenvalue weighted by molar-refractivity contribution is -0.129. The molecule has 1 saturated heterocycles. The van der Waals surface area contributed by atoms with Crippen molar-refractivity contribution in [2.24, 2.45) is 7.05 Å². The minimum Gasteiger partial charge on any atom is -0.338 e. The normalized spacial score (nSPS) is 15.0. The van der Waals surface area contributed by atoms with Crippen LogP contribution in [0, 0.1) is 0 Å². The minimum atomic E-state index is 0.0428. The van der Waals surface area contributed by atoms with Gasteiger partial charge in [0.25, 0.3) is 5.91 Å². The van der Waals surface area contributed by atoms with Crippen LogP contribution in [0.25, 0.3) is 0 Å². The van der Waals surface area contributed by atoms with Crippen molar-refractivity contribution in [3.8, 4) is 0 Å². The molecule has 3 heterocycles. The van der Waals surface area contributed by atoms with E-state index < -0.39 is 0 Å². The largest absolute Gasteiger partial charge is 0.338 e. The van der Waals surface area contributed by atoms with Crippen molar-refractivity contribution in [3.63, 3.8) is 0 Å². The van der Waals surface area contributed by atoms with Gasteiger partial charge < -0.3 is 9.80 Å². The van der Waals surface area contributed by atoms with Crippen LogP contribution in [0.15, 0.2) is 22.7 Å². The molecule has 0 aliphatic carbocycles. The van der Waals surface area contributed by atoms with Gasteiger partial charge in [-0.2, -0.15) is 0 Å². The summed E-state index contributed by atoms with van der Waals surface area (Å²) in [6.45, 7) is 2.26. The Morgan fingerprint density at radius 1 is 1.26 bits per heavy atom. The molecule has 23 heavy (non-hydrogen) atoms. The zero-order valence-corrected chi connectivity index (χ0v) is 14.2. The van der Waals surface area contributed by atoms with E-state index in [-0.39, 0.29) is 11.8 Å². The summed E-state index contributed by atoms with van der Waals surface area (Å²) in [5.74, 6) is 0.389. The number of piperazine rings is 1. The van der Waals surface area contributed by atoms with Crippen LogP contribution in [0.1, 0.15) is 9.67 Å². The summed E-state index contributed by atoms with van der Waals surface area (Å²) in [5, 5.41) is 13.6. The number of amides is 2. The molecule has 0 atom stereocenters. The zero-order chi connectivity index (χ0) is 16.2. The van der Waals surface area contributed by atoms with Gasteiger partial charge in [0.1, 0.15) is 0 Å². The van der Waals surface area contributed by atoms with Crippen LogP contribution in [-0.4, -0.2) is 73.8 Å². The number of tetrazole rings is 1. The van der Waals surface area contributed by atoms with E-state index in [9.17, 15) is 9.59 Å². The number of thiophene rings is 1. The van der Waals surface area contributed by atoms with E-state index in [2.05, 4.69) is 15.5 Å². The average molecular weight is 352 g/mol. The van der Waals surface area contributed by atoms with E-state index in [1.54, 1.807) is 16.8 Å². The van der Waals surface area contributed by atoms with Gasteiger partial charge in [-0.25, -0.2) is 4.68 Å². The monoisotopic (exact) mass is 352 g/mol. The molecule has 10 heteroatoms. The highest BCUT2D eigenvalue weighted by atomic mass is 32.2. The quantitative estimate of drug-likeness (QED) is 0.738. The average Bonchev–Trinajstić information content (AvgIpc) is 3.24. The Hall–Kier alpha value is -1.94. The number of rotatable bonds is 4. The van der Waals surface area contributed by atoms with Crippen LogP contribution in [-0.2, 0) is 11.8 Å². The molecule has 1 fully saturated rings. The molecule has 0 spiro atoms. The predicted octanol–water partition coefficient (Wildman–Crippen LogP) is 0.348. The Balaban J connectivity index is 1.47. The molecule has 0 aromatic carbocycles. The van der Waals surface area contributed by atoms with Gasteiger partial charge in [0.2, 0.25) is 11.1 Å². The summed E-state index contributed by atoms with van der Waals surface area (Å²) in [4.78, 5) is 28.8. The maximum Gasteiger partial charge on any atom is 0.264 e. The maximum atomic E-state index is 12.3. The molecule has 0 N–H and O–H groups in total. The highest BCUT2D eigenvalue weighted by Crippen LogP contribution is 2.16. The Kier molecular flexibility index (Phi) is 4.91. The van der Waals surface area contributed by atoms with Gasteiger partial charge in [0, 0.05) is 33.2 Å². The van der Waals surface area contributed by atoms with Crippen LogP contribution in [0.3, 0.4) is 0 Å². The molecular formula is C13H16N6O2S2. The third kappa shape index (κ3) is 3.70. The molecule has 0 radical (unpaired) electrons. The first-order valence-corrected chi connectivity index (χ1v) is 8.97. The standard InChI is InChI=1S/C13H16N6O2S2/c1-17-13(14-15-16-17)23-9-11(20)18-4-6-19(7-5-18)12(21)10-3-2-8-22-10/h2-3,8H,4-7,9H2,1H3. The lowest BCUT2D eigenvalue weighted by Gasteiger charge is -2.34. The van der Waals surface area contributed by atoms with Crippen molar-refractivity contribution >= 4 is 34.9 Å². The van der Waals surface area contributed by atoms with E-state index in [1.165, 1.54) is 27.8 Å². The highest BCUT2D eigenvalue weighted by Gasteiger charge is 2.25. The second-order valence-corrected chi connectivity index (χ2v) is 6.91. The van der Waals surface area contributed by atoms with Gasteiger partial charge in [-0.05, 0) is 21.9 Å². The number of nitrogens with zero attached hydrogens (tertiary/aromatic N) is 6. The molecule has 0 bridgehead atoms. The second kappa shape index (κ2) is 7.09. The molecule has 8 nitrogen and oxygen atoms in total. The van der Waals surface area contributed by atoms with Crippen molar-refractivity contribution in [1.29, 1.82) is 0 Å². The molecule has 2 amide bonds. The maximum absolute atomic E-state index is 12.3. The fourth-order valence-electron chi connectivity index (χ4n) is 2.28. The van der Waals surface area contributed by atoms with Gasteiger partial charge in [0.15, 0.2) is 0 Å². The highest BCUT2D eigenvalue weighted by molar-refractivity contribution is 7.99. The van der Waals surface area contributed by atoms with Crippen molar-refractivity contribution in [3.05, 3.63) is 22.4 Å². The van der Waals surface area contributed by atoms with Gasteiger partial charge in [-0.3, -0.25) is 9.59 Å². The number of hydrogen-bond donors (Lipinski definition) is 0. The van der Waals surface area contributed by atoms with Crippen LogP contribution >= 0.6 is 23.1 Å². The Morgan fingerprint density at radius 3 is 2.61 bits per heavy atom. The molecule has 0 saturated carbocycles. The number of thioether (sulfide) groups is 1. The van der Waals surface area contributed by atoms with E-state index in [4.69, 9.17) is 0 Å². The number of aromatic nitrogens is 4. The Labute approximate surface area is 141 Å². The number of aryl methyl sites for hydroxylation is 1. The summed E-state index contributed by atoms with van der Waals surface area (Å²) in [5.41, 5.74) is 0. The number of carbonyl (C=O) groups excluding carboxylic acids is 2. The number of hydrogen-bond acceptors (Lipinski definition) is 7. The molecule has 2 aromatic heterocycles. The molecule has 3 rings (SSSR count). The predicted molar refractivity (Wildman–Crippen MR) is 86.3 cm³/mol. The third-order valence-corrected chi connectivity index (χ3v) is 5.41. The summed E-state index contributed by atoms with van der Waals surface area (Å²) in [7, 11) is 1.74. The fourth-order valence-corrected chi connectivity index (χ4v) is 3.72. The van der Waals surface area contributed by atoms with Gasteiger partial charge in [-0.15, -0.1) is 16.4 Å². The molecule has 2 aromatic rings. The molecule has 1 aliphatic rings. The van der Waals surface area contributed by atoms with Gasteiger partial charge >= 0.3 is 0 Å². The van der Waals surface area contributed by atoms with Crippen LogP contribution in [0.5, 0.6) is 0 Å². The van der Waals surface area contributed by atoms with Crippen molar-refractivity contribution in [1.82, 2.24) is 30.0 Å². The summed E-state index contributed by atoms with van der Waals surface area (Å²) < 4.78 is 1.54. The van der Waals surface area contributed by atoms with Crippen molar-refractivity contribution in [2.75, 3.05) is 31.9 Å². The molecule has 1 aliphatic heterocycles. The smallest absolute Gasteiger partial charge is 0.264 e. The van der Waals surface area contributed by atoms with E-state index >= 15 is 0 Å². The van der Waals surface area contributed by atoms with Crippen LogP contribution < -0.4 is 0 Å².